The van der Waals surface area contributed by atoms with Gasteiger partial charge in [0.25, 0.3) is 0 Å². The third-order valence-electron chi connectivity index (χ3n) is 8.00. The number of methoxy groups -OCH3 is 1. The van der Waals surface area contributed by atoms with Gasteiger partial charge in [-0.25, -0.2) is 22.6 Å². The lowest BCUT2D eigenvalue weighted by Gasteiger charge is -2.43. The summed E-state index contributed by atoms with van der Waals surface area (Å²) in [5.74, 6) is -4.53. The molecule has 5 rings (SSSR count). The highest BCUT2D eigenvalue weighted by atomic mass is 19.2. The van der Waals surface area contributed by atoms with Gasteiger partial charge < -0.3 is 39.0 Å². The highest BCUT2D eigenvalue weighted by Gasteiger charge is 2.48. The maximum Gasteiger partial charge on any atom is 0.410 e. The second-order valence-electron chi connectivity index (χ2n) is 12.2. The molecule has 2 fully saturated rings. The highest BCUT2D eigenvalue weighted by Crippen LogP contribution is 2.39. The molecule has 13 nitrogen and oxygen atoms in total. The number of ether oxygens (including phenoxy) is 3. The average Bonchev–Trinajstić information content (AvgIpc) is 3.62. The van der Waals surface area contributed by atoms with E-state index in [4.69, 9.17) is 18.7 Å². The van der Waals surface area contributed by atoms with Gasteiger partial charge in [-0.15, -0.1) is 5.10 Å². The molecule has 2 saturated heterocycles. The number of rotatable bonds is 7. The fraction of sp³-hybridized carbons (Fsp3) is 0.586. The topological polar surface area (TPSA) is 165 Å². The van der Waals surface area contributed by atoms with Gasteiger partial charge >= 0.3 is 6.09 Å². The number of aliphatic hydroxyl groups excluding tert-OH is 2. The molecule has 3 N–H and O–H groups in total. The minimum atomic E-state index is -1.62. The number of halogens is 3. The van der Waals surface area contributed by atoms with E-state index in [0.29, 0.717) is 25.9 Å². The fourth-order valence-electron chi connectivity index (χ4n) is 5.76. The Labute approximate surface area is 256 Å². The average molecular weight is 640 g/mol. The first kappa shape index (κ1) is 32.7. The van der Waals surface area contributed by atoms with Crippen LogP contribution in [-0.2, 0) is 20.6 Å². The quantitative estimate of drug-likeness (QED) is 0.325. The van der Waals surface area contributed by atoms with Crippen molar-refractivity contribution in [3.05, 3.63) is 47.2 Å². The summed E-state index contributed by atoms with van der Waals surface area (Å²) in [7, 11) is 1.37. The van der Waals surface area contributed by atoms with Gasteiger partial charge in [0.15, 0.2) is 29.0 Å². The third kappa shape index (κ3) is 6.78. The Kier molecular flexibility index (Phi) is 9.39. The number of carbonyl (C=O) groups excluding carboxylic acids is 1. The van der Waals surface area contributed by atoms with Crippen LogP contribution in [0.4, 0.5) is 18.0 Å². The monoisotopic (exact) mass is 639 g/mol. The number of nitrogens with zero attached hydrogens (tertiary/aromatic N) is 5. The second kappa shape index (κ2) is 12.9. The van der Waals surface area contributed by atoms with Gasteiger partial charge in [0.2, 0.25) is 0 Å². The SMILES string of the molecule is CO[C@@H]1[C@@H](n2cc(-c3cc(F)c(F)c(F)c3)nn2)[C@@H](O)[C@@H](CO)O[C@@H]1Cc1noc(C2CCN(C(=O)OC(C)(C)C)CC2)c1O. The van der Waals surface area contributed by atoms with E-state index in [1.165, 1.54) is 18.0 Å². The van der Waals surface area contributed by atoms with Crippen molar-refractivity contribution in [2.75, 3.05) is 26.8 Å². The summed E-state index contributed by atoms with van der Waals surface area (Å²) in [6.45, 7) is 5.62. The molecule has 2 aliphatic heterocycles. The molecule has 246 valence electrons. The van der Waals surface area contributed by atoms with Crippen molar-refractivity contribution < 1.29 is 52.0 Å². The number of benzene rings is 1. The lowest BCUT2D eigenvalue weighted by Crippen LogP contribution is -2.57. The molecule has 16 heteroatoms. The molecule has 2 aliphatic rings. The van der Waals surface area contributed by atoms with E-state index in [1.54, 1.807) is 25.7 Å². The van der Waals surface area contributed by atoms with E-state index in [9.17, 15) is 33.3 Å². The van der Waals surface area contributed by atoms with E-state index < -0.39 is 66.2 Å². The molecule has 5 atom stereocenters. The zero-order chi connectivity index (χ0) is 32.6. The number of aliphatic hydroxyl groups is 2. The lowest BCUT2D eigenvalue weighted by atomic mass is 9.89. The van der Waals surface area contributed by atoms with Crippen LogP contribution in [0.15, 0.2) is 22.9 Å². The molecule has 2 aromatic heterocycles. The van der Waals surface area contributed by atoms with Crippen molar-refractivity contribution in [3.63, 3.8) is 0 Å². The van der Waals surface area contributed by atoms with Crippen LogP contribution in [0, 0.1) is 17.5 Å². The van der Waals surface area contributed by atoms with Crippen molar-refractivity contribution in [2.24, 2.45) is 0 Å². The molecular weight excluding hydrogens is 603 g/mol. The molecule has 4 heterocycles. The molecule has 45 heavy (non-hydrogen) atoms. The Bertz CT molecular complexity index is 1480. The van der Waals surface area contributed by atoms with Crippen molar-refractivity contribution in [1.82, 2.24) is 25.1 Å². The summed E-state index contributed by atoms with van der Waals surface area (Å²) in [4.78, 5) is 14.0. The number of likely N-dealkylation sites (tertiary alicyclic amines) is 1. The van der Waals surface area contributed by atoms with Crippen LogP contribution in [0.1, 0.15) is 57.0 Å². The second-order valence-corrected chi connectivity index (χ2v) is 12.2. The maximum absolute atomic E-state index is 13.8. The number of carbonyl (C=O) groups is 1. The summed E-state index contributed by atoms with van der Waals surface area (Å²) in [6, 6.07) is 0.534. The Morgan fingerprint density at radius 2 is 1.80 bits per heavy atom. The largest absolute Gasteiger partial charge is 0.503 e. The van der Waals surface area contributed by atoms with Gasteiger partial charge in [-0.05, 0) is 45.7 Å². The number of hydrogen-bond donors (Lipinski definition) is 3. The van der Waals surface area contributed by atoms with E-state index >= 15 is 0 Å². The summed E-state index contributed by atoms with van der Waals surface area (Å²) in [5.41, 5.74) is -0.542. The molecule has 0 radical (unpaired) electrons. The van der Waals surface area contributed by atoms with Gasteiger partial charge in [-0.1, -0.05) is 10.4 Å². The number of amides is 1. The van der Waals surface area contributed by atoms with Gasteiger partial charge in [0.05, 0.1) is 18.9 Å². The van der Waals surface area contributed by atoms with Crippen LogP contribution >= 0.6 is 0 Å². The Morgan fingerprint density at radius 1 is 1.13 bits per heavy atom. The van der Waals surface area contributed by atoms with Crippen LogP contribution in [0.3, 0.4) is 0 Å². The van der Waals surface area contributed by atoms with E-state index in [0.717, 1.165) is 12.1 Å². The lowest BCUT2D eigenvalue weighted by molar-refractivity contribution is -0.212. The minimum absolute atomic E-state index is 0.00468. The van der Waals surface area contributed by atoms with Gasteiger partial charge in [-0.3, -0.25) is 0 Å². The smallest absolute Gasteiger partial charge is 0.410 e. The molecule has 0 saturated carbocycles. The van der Waals surface area contributed by atoms with E-state index in [1.807, 2.05) is 0 Å². The van der Waals surface area contributed by atoms with Crippen LogP contribution in [0.2, 0.25) is 0 Å². The predicted molar refractivity (Wildman–Crippen MR) is 149 cm³/mol. The molecule has 0 unspecified atom stereocenters. The minimum Gasteiger partial charge on any atom is -0.503 e. The van der Waals surface area contributed by atoms with Crippen molar-refractivity contribution in [2.45, 2.75) is 82.0 Å². The number of aromatic hydroxyl groups is 1. The Morgan fingerprint density at radius 3 is 2.40 bits per heavy atom. The molecule has 0 spiro atoms. The standard InChI is InChI=1S/C29H36F3N5O8/c1-29(2,3)44-28(41)36-7-5-14(6-8-36)26-24(39)18(34-45-26)11-20-27(42-4)23(25(40)21(13-38)43-20)37-12-19(33-35-37)15-9-16(30)22(32)17(31)10-15/h9-10,12,14,20-21,23,25,27,38-40H,5-8,11,13H2,1-4H3/t20-,21-,23+,25+,27+/m1/s1. The molecule has 1 amide bonds. The van der Waals surface area contributed by atoms with Crippen molar-refractivity contribution >= 4 is 6.09 Å². The number of piperidine rings is 1. The molecule has 0 bridgehead atoms. The van der Waals surface area contributed by atoms with Gasteiger partial charge in [-0.2, -0.15) is 0 Å². The van der Waals surface area contributed by atoms with Crippen LogP contribution in [-0.4, -0.2) is 103 Å². The van der Waals surface area contributed by atoms with Crippen LogP contribution in [0.25, 0.3) is 11.3 Å². The third-order valence-corrected chi connectivity index (χ3v) is 8.00. The van der Waals surface area contributed by atoms with Crippen LogP contribution in [0.5, 0.6) is 5.75 Å². The predicted octanol–water partition coefficient (Wildman–Crippen LogP) is 3.09. The first-order chi connectivity index (χ1) is 21.3. The normalized spacial score (nSPS) is 24.6. The molecule has 3 aromatic rings. The van der Waals surface area contributed by atoms with Gasteiger partial charge in [0.1, 0.15) is 41.3 Å². The van der Waals surface area contributed by atoms with E-state index in [2.05, 4.69) is 15.5 Å². The fourth-order valence-corrected chi connectivity index (χ4v) is 5.76. The Balaban J connectivity index is 1.33. The summed E-state index contributed by atoms with van der Waals surface area (Å²) in [6.07, 6.45) is -2.40. The number of hydrogen-bond acceptors (Lipinski definition) is 11. The first-order valence-electron chi connectivity index (χ1n) is 14.5. The van der Waals surface area contributed by atoms with Crippen molar-refractivity contribution in [1.29, 1.82) is 0 Å². The summed E-state index contributed by atoms with van der Waals surface area (Å²) >= 11 is 0. The summed E-state index contributed by atoms with van der Waals surface area (Å²) in [5, 5.41) is 44.1. The first-order valence-corrected chi connectivity index (χ1v) is 14.5. The Hall–Kier alpha value is -3.73. The molecule has 1 aromatic carbocycles. The summed E-state index contributed by atoms with van der Waals surface area (Å²) < 4.78 is 65.0. The molecule has 0 aliphatic carbocycles. The van der Waals surface area contributed by atoms with Gasteiger partial charge in [0, 0.05) is 38.1 Å². The zero-order valence-electron chi connectivity index (χ0n) is 25.2. The molecular formula is C29H36F3N5O8. The van der Waals surface area contributed by atoms with Crippen molar-refractivity contribution in [3.8, 4) is 17.0 Å². The highest BCUT2D eigenvalue weighted by molar-refractivity contribution is 5.68. The van der Waals surface area contributed by atoms with E-state index in [-0.39, 0.29) is 40.8 Å². The maximum atomic E-state index is 13.8. The number of aromatic nitrogens is 4. The zero-order valence-corrected chi connectivity index (χ0v) is 25.2. The van der Waals surface area contributed by atoms with Crippen LogP contribution < -0.4 is 0 Å².